The smallest absolute Gasteiger partial charge is 0.338 e. The van der Waals surface area contributed by atoms with Crippen LogP contribution in [0.2, 0.25) is 0 Å². The average Bonchev–Trinajstić information content (AvgIpc) is 2.65. The van der Waals surface area contributed by atoms with Gasteiger partial charge in [-0.2, -0.15) is 0 Å². The highest BCUT2D eigenvalue weighted by atomic mass is 32.2. The molecule has 1 amide bonds. The van der Waals surface area contributed by atoms with Gasteiger partial charge in [0, 0.05) is 12.8 Å². The van der Waals surface area contributed by atoms with Crippen molar-refractivity contribution in [2.45, 2.75) is 25.3 Å². The van der Waals surface area contributed by atoms with Crippen LogP contribution in [0.1, 0.15) is 28.4 Å². The van der Waals surface area contributed by atoms with Gasteiger partial charge in [0.15, 0.2) is 15.9 Å². The summed E-state index contributed by atoms with van der Waals surface area (Å²) in [5.41, 5.74) is 1.70. The summed E-state index contributed by atoms with van der Waals surface area (Å²) in [6.45, 7) is 1.78. The number of esters is 1. The monoisotopic (exact) mass is 405 g/mol. The van der Waals surface area contributed by atoms with Crippen LogP contribution in [-0.2, 0) is 31.7 Å². The Kier molecular flexibility index (Phi) is 7.17. The number of methoxy groups -OCH3 is 1. The third-order valence-corrected chi connectivity index (χ3v) is 4.76. The van der Waals surface area contributed by atoms with Gasteiger partial charge in [0.2, 0.25) is 0 Å². The fourth-order valence-electron chi connectivity index (χ4n) is 2.40. The molecule has 0 aliphatic heterocycles. The minimum Gasteiger partial charge on any atom is -0.497 e. The van der Waals surface area contributed by atoms with Crippen LogP contribution in [-0.4, -0.2) is 39.8 Å². The fourth-order valence-corrected chi connectivity index (χ4v) is 3.20. The van der Waals surface area contributed by atoms with Crippen LogP contribution in [0.5, 0.6) is 5.75 Å². The zero-order valence-corrected chi connectivity index (χ0v) is 16.8. The van der Waals surface area contributed by atoms with Crippen molar-refractivity contribution in [1.29, 1.82) is 0 Å². The third kappa shape index (κ3) is 6.70. The quantitative estimate of drug-likeness (QED) is 0.676. The molecule has 0 saturated carbocycles. The van der Waals surface area contributed by atoms with E-state index < -0.39 is 27.8 Å². The molecule has 8 heteroatoms. The van der Waals surface area contributed by atoms with E-state index in [1.54, 1.807) is 31.4 Å². The number of nitrogens with one attached hydrogen (secondary N) is 1. The predicted molar refractivity (Wildman–Crippen MR) is 105 cm³/mol. The standard InChI is InChI=1S/C20H23NO6S/c1-14(19(22)21-12-15-6-10-18(26-2)11-7-15)27-20(23)17-8-4-16(5-9-17)13-28(3,24)25/h4-11,14H,12-13H2,1-3H3,(H,21,22)/t14-/m0/s1. The highest BCUT2D eigenvalue weighted by molar-refractivity contribution is 7.89. The molecule has 0 radical (unpaired) electrons. The molecule has 0 bridgehead atoms. The van der Waals surface area contributed by atoms with Crippen LogP contribution in [0, 0.1) is 0 Å². The maximum absolute atomic E-state index is 12.2. The molecule has 7 nitrogen and oxygen atoms in total. The zero-order valence-electron chi connectivity index (χ0n) is 16.0. The van der Waals surface area contributed by atoms with Gasteiger partial charge in [-0.3, -0.25) is 4.79 Å². The van der Waals surface area contributed by atoms with E-state index in [1.165, 1.54) is 19.1 Å². The Bertz CT molecular complexity index is 920. The van der Waals surface area contributed by atoms with E-state index in [9.17, 15) is 18.0 Å². The summed E-state index contributed by atoms with van der Waals surface area (Å²) in [6, 6.07) is 13.3. The first-order valence-corrected chi connectivity index (χ1v) is 10.6. The molecule has 0 aliphatic carbocycles. The number of carbonyl (C=O) groups excluding carboxylic acids is 2. The molecular weight excluding hydrogens is 382 g/mol. The van der Waals surface area contributed by atoms with Crippen molar-refractivity contribution in [2.24, 2.45) is 0 Å². The maximum atomic E-state index is 12.2. The minimum absolute atomic E-state index is 0.105. The molecule has 0 aliphatic rings. The van der Waals surface area contributed by atoms with Gasteiger partial charge in [-0.1, -0.05) is 24.3 Å². The lowest BCUT2D eigenvalue weighted by atomic mass is 10.1. The number of benzene rings is 2. The van der Waals surface area contributed by atoms with E-state index in [4.69, 9.17) is 9.47 Å². The molecule has 0 aromatic heterocycles. The van der Waals surface area contributed by atoms with Crippen molar-refractivity contribution in [3.05, 3.63) is 65.2 Å². The van der Waals surface area contributed by atoms with Gasteiger partial charge in [0.25, 0.3) is 5.91 Å². The molecule has 28 heavy (non-hydrogen) atoms. The molecule has 1 N–H and O–H groups in total. The van der Waals surface area contributed by atoms with E-state index >= 15 is 0 Å². The molecule has 0 spiro atoms. The van der Waals surface area contributed by atoms with E-state index in [-0.39, 0.29) is 11.3 Å². The summed E-state index contributed by atoms with van der Waals surface area (Å²) >= 11 is 0. The van der Waals surface area contributed by atoms with E-state index in [0.717, 1.165) is 17.6 Å². The van der Waals surface area contributed by atoms with Crippen LogP contribution >= 0.6 is 0 Å². The Balaban J connectivity index is 1.87. The van der Waals surface area contributed by atoms with E-state index in [1.807, 2.05) is 12.1 Å². The molecule has 0 fully saturated rings. The zero-order chi connectivity index (χ0) is 20.7. The molecular formula is C20H23NO6S. The van der Waals surface area contributed by atoms with E-state index in [2.05, 4.69) is 5.32 Å². The Hall–Kier alpha value is -2.87. The summed E-state index contributed by atoms with van der Waals surface area (Å²) in [5, 5.41) is 2.70. The Morgan fingerprint density at radius 1 is 1.00 bits per heavy atom. The van der Waals surface area contributed by atoms with Gasteiger partial charge in [-0.15, -0.1) is 0 Å². The van der Waals surface area contributed by atoms with Gasteiger partial charge >= 0.3 is 5.97 Å². The summed E-state index contributed by atoms with van der Waals surface area (Å²) < 4.78 is 32.8. The molecule has 0 heterocycles. The summed E-state index contributed by atoms with van der Waals surface area (Å²) in [7, 11) is -1.57. The summed E-state index contributed by atoms with van der Waals surface area (Å²) in [5.74, 6) is -0.456. The van der Waals surface area contributed by atoms with Crippen molar-refractivity contribution < 1.29 is 27.5 Å². The fraction of sp³-hybridized carbons (Fsp3) is 0.300. The lowest BCUT2D eigenvalue weighted by Gasteiger charge is -2.14. The number of hydrogen-bond acceptors (Lipinski definition) is 6. The molecule has 1 atom stereocenters. The van der Waals surface area contributed by atoms with Gasteiger partial charge in [0.1, 0.15) is 5.75 Å². The largest absolute Gasteiger partial charge is 0.497 e. The second-order valence-corrected chi connectivity index (χ2v) is 8.52. The minimum atomic E-state index is -3.15. The van der Waals surface area contributed by atoms with Gasteiger partial charge in [0.05, 0.1) is 18.4 Å². The molecule has 0 saturated heterocycles. The van der Waals surface area contributed by atoms with Crippen molar-refractivity contribution >= 4 is 21.7 Å². The highest BCUT2D eigenvalue weighted by Gasteiger charge is 2.19. The third-order valence-electron chi connectivity index (χ3n) is 3.90. The van der Waals surface area contributed by atoms with Crippen molar-refractivity contribution in [2.75, 3.05) is 13.4 Å². The number of sulfone groups is 1. The van der Waals surface area contributed by atoms with Crippen LogP contribution in [0.15, 0.2) is 48.5 Å². The first-order valence-electron chi connectivity index (χ1n) is 8.56. The first-order chi connectivity index (χ1) is 13.2. The molecule has 2 rings (SSSR count). The number of ether oxygens (including phenoxy) is 2. The van der Waals surface area contributed by atoms with Gasteiger partial charge in [-0.25, -0.2) is 13.2 Å². The Morgan fingerprint density at radius 3 is 2.11 bits per heavy atom. The second kappa shape index (κ2) is 9.36. The van der Waals surface area contributed by atoms with Crippen molar-refractivity contribution in [3.8, 4) is 5.75 Å². The van der Waals surface area contributed by atoms with Crippen LogP contribution in [0.25, 0.3) is 0 Å². The summed E-state index contributed by atoms with van der Waals surface area (Å²) in [4.78, 5) is 24.3. The lowest BCUT2D eigenvalue weighted by molar-refractivity contribution is -0.129. The van der Waals surface area contributed by atoms with Crippen LogP contribution < -0.4 is 10.1 Å². The first kappa shape index (κ1) is 21.4. The normalized spacial score (nSPS) is 12.1. The summed E-state index contributed by atoms with van der Waals surface area (Å²) in [6.07, 6.45) is 0.169. The van der Waals surface area contributed by atoms with Crippen molar-refractivity contribution in [3.63, 3.8) is 0 Å². The molecule has 150 valence electrons. The molecule has 0 unspecified atom stereocenters. The second-order valence-electron chi connectivity index (χ2n) is 6.38. The SMILES string of the molecule is COc1ccc(CNC(=O)[C@H](C)OC(=O)c2ccc(CS(C)(=O)=O)cc2)cc1. The van der Waals surface area contributed by atoms with Crippen LogP contribution in [0.4, 0.5) is 0 Å². The number of amides is 1. The molecule has 2 aromatic rings. The van der Waals surface area contributed by atoms with Gasteiger partial charge < -0.3 is 14.8 Å². The Labute approximate surface area is 164 Å². The Morgan fingerprint density at radius 2 is 1.57 bits per heavy atom. The number of carbonyl (C=O) groups is 2. The predicted octanol–water partition coefficient (Wildman–Crippen LogP) is 2.10. The average molecular weight is 405 g/mol. The van der Waals surface area contributed by atoms with Crippen LogP contribution in [0.3, 0.4) is 0 Å². The number of hydrogen-bond donors (Lipinski definition) is 1. The number of rotatable bonds is 8. The maximum Gasteiger partial charge on any atom is 0.338 e. The van der Waals surface area contributed by atoms with E-state index in [0.29, 0.717) is 12.1 Å². The highest BCUT2D eigenvalue weighted by Crippen LogP contribution is 2.12. The molecule has 2 aromatic carbocycles. The topological polar surface area (TPSA) is 98.8 Å². The lowest BCUT2D eigenvalue weighted by Crippen LogP contribution is -2.35. The van der Waals surface area contributed by atoms with Gasteiger partial charge in [-0.05, 0) is 42.3 Å². The van der Waals surface area contributed by atoms with Crippen molar-refractivity contribution in [1.82, 2.24) is 5.32 Å².